The van der Waals surface area contributed by atoms with Gasteiger partial charge in [0.1, 0.15) is 6.04 Å². The third-order valence-corrected chi connectivity index (χ3v) is 3.73. The summed E-state index contributed by atoms with van der Waals surface area (Å²) in [5.41, 5.74) is 1.11. The lowest BCUT2D eigenvalue weighted by atomic mass is 9.99. The first-order valence-electron chi connectivity index (χ1n) is 7.45. The highest BCUT2D eigenvalue weighted by atomic mass is 16.4. The molecule has 0 amide bonds. The quantitative estimate of drug-likeness (QED) is 0.843. The molecule has 0 fully saturated rings. The van der Waals surface area contributed by atoms with Crippen LogP contribution in [0.25, 0.3) is 10.8 Å². The van der Waals surface area contributed by atoms with Crippen LogP contribution in [0, 0.1) is 5.92 Å². The maximum Gasteiger partial charge on any atom is 0.320 e. The molecule has 0 radical (unpaired) electrons. The van der Waals surface area contributed by atoms with Gasteiger partial charge in [0, 0.05) is 6.04 Å². The molecule has 2 unspecified atom stereocenters. The van der Waals surface area contributed by atoms with Crippen LogP contribution in [0.3, 0.4) is 0 Å². The van der Waals surface area contributed by atoms with Crippen LogP contribution in [0.1, 0.15) is 38.8 Å². The van der Waals surface area contributed by atoms with E-state index in [4.69, 9.17) is 0 Å². The fourth-order valence-electron chi connectivity index (χ4n) is 2.59. The predicted octanol–water partition coefficient (Wildman–Crippen LogP) is 3.99. The number of aliphatic carboxylic acids is 1. The standard InChI is InChI=1S/C18H23NO2/c1-12(2)10-17(18(20)21)19-13(3)15-9-8-14-6-4-5-7-16(14)11-15/h4-9,11-13,17,19H,10H2,1-3H3,(H,20,21). The zero-order chi connectivity index (χ0) is 15.4. The Bertz CT molecular complexity index is 621. The molecule has 0 spiro atoms. The Morgan fingerprint density at radius 2 is 1.76 bits per heavy atom. The van der Waals surface area contributed by atoms with Crippen molar-refractivity contribution in [2.75, 3.05) is 0 Å². The van der Waals surface area contributed by atoms with Crippen LogP contribution in [0.4, 0.5) is 0 Å². The van der Waals surface area contributed by atoms with Gasteiger partial charge in [0.25, 0.3) is 0 Å². The molecule has 2 aromatic rings. The van der Waals surface area contributed by atoms with Crippen molar-refractivity contribution in [3.63, 3.8) is 0 Å². The van der Waals surface area contributed by atoms with Gasteiger partial charge in [-0.1, -0.05) is 50.2 Å². The van der Waals surface area contributed by atoms with E-state index < -0.39 is 12.0 Å². The fourth-order valence-corrected chi connectivity index (χ4v) is 2.59. The summed E-state index contributed by atoms with van der Waals surface area (Å²) in [5, 5.41) is 14.9. The van der Waals surface area contributed by atoms with Crippen LogP contribution in [0.15, 0.2) is 42.5 Å². The summed E-state index contributed by atoms with van der Waals surface area (Å²) >= 11 is 0. The number of fused-ring (bicyclic) bond motifs is 1. The minimum atomic E-state index is -0.781. The highest BCUT2D eigenvalue weighted by Gasteiger charge is 2.21. The molecule has 0 aliphatic rings. The molecule has 2 N–H and O–H groups in total. The Kier molecular flexibility index (Phi) is 4.97. The van der Waals surface area contributed by atoms with Gasteiger partial charge in [-0.25, -0.2) is 0 Å². The molecule has 0 aliphatic heterocycles. The van der Waals surface area contributed by atoms with Gasteiger partial charge in [-0.05, 0) is 41.7 Å². The molecule has 0 saturated carbocycles. The largest absolute Gasteiger partial charge is 0.480 e. The average Bonchev–Trinajstić information content (AvgIpc) is 2.45. The molecule has 0 aromatic heterocycles. The third-order valence-electron chi connectivity index (χ3n) is 3.73. The van der Waals surface area contributed by atoms with Gasteiger partial charge in [0.15, 0.2) is 0 Å². The molecule has 2 rings (SSSR count). The SMILES string of the molecule is CC(C)CC(NC(C)c1ccc2ccccc2c1)C(=O)O. The number of carboxylic acids is 1. The van der Waals surface area contributed by atoms with Crippen LogP contribution in [-0.4, -0.2) is 17.1 Å². The number of carboxylic acid groups (broad SMARTS) is 1. The first-order valence-corrected chi connectivity index (χ1v) is 7.45. The highest BCUT2D eigenvalue weighted by molar-refractivity contribution is 5.83. The molecule has 2 atom stereocenters. The molecular weight excluding hydrogens is 262 g/mol. The van der Waals surface area contributed by atoms with E-state index in [-0.39, 0.29) is 6.04 Å². The number of benzene rings is 2. The third kappa shape index (κ3) is 4.05. The van der Waals surface area contributed by atoms with Gasteiger partial charge >= 0.3 is 5.97 Å². The van der Waals surface area contributed by atoms with E-state index in [0.29, 0.717) is 12.3 Å². The van der Waals surface area contributed by atoms with Crippen LogP contribution in [0.5, 0.6) is 0 Å². The highest BCUT2D eigenvalue weighted by Crippen LogP contribution is 2.21. The topological polar surface area (TPSA) is 49.3 Å². The first-order chi connectivity index (χ1) is 9.97. The summed E-state index contributed by atoms with van der Waals surface area (Å²) in [6.45, 7) is 6.09. The number of nitrogens with one attached hydrogen (secondary N) is 1. The van der Waals surface area contributed by atoms with Crippen molar-refractivity contribution in [1.82, 2.24) is 5.32 Å². The Hall–Kier alpha value is -1.87. The van der Waals surface area contributed by atoms with Crippen LogP contribution in [-0.2, 0) is 4.79 Å². The zero-order valence-electron chi connectivity index (χ0n) is 12.8. The van der Waals surface area contributed by atoms with E-state index in [0.717, 1.165) is 5.56 Å². The molecule has 3 heteroatoms. The minimum Gasteiger partial charge on any atom is -0.480 e. The van der Waals surface area contributed by atoms with Gasteiger partial charge < -0.3 is 5.11 Å². The van der Waals surface area contributed by atoms with Crippen molar-refractivity contribution < 1.29 is 9.90 Å². The smallest absolute Gasteiger partial charge is 0.320 e. The van der Waals surface area contributed by atoms with Gasteiger partial charge in [0.2, 0.25) is 0 Å². The van der Waals surface area contributed by atoms with E-state index in [2.05, 4.69) is 35.6 Å². The second-order valence-corrected chi connectivity index (χ2v) is 6.02. The molecule has 0 aliphatic carbocycles. The summed E-state index contributed by atoms with van der Waals surface area (Å²) in [4.78, 5) is 11.4. The van der Waals surface area contributed by atoms with E-state index >= 15 is 0 Å². The lowest BCUT2D eigenvalue weighted by Gasteiger charge is -2.22. The van der Waals surface area contributed by atoms with Crippen molar-refractivity contribution >= 4 is 16.7 Å². The van der Waals surface area contributed by atoms with Crippen LogP contribution < -0.4 is 5.32 Å². The average molecular weight is 285 g/mol. The number of hydrogen-bond acceptors (Lipinski definition) is 2. The zero-order valence-corrected chi connectivity index (χ0v) is 12.8. The first kappa shape index (κ1) is 15.5. The summed E-state index contributed by atoms with van der Waals surface area (Å²) < 4.78 is 0. The van der Waals surface area contributed by atoms with Crippen LogP contribution >= 0.6 is 0 Å². The van der Waals surface area contributed by atoms with Gasteiger partial charge in [-0.15, -0.1) is 0 Å². The van der Waals surface area contributed by atoms with E-state index in [9.17, 15) is 9.90 Å². The molecular formula is C18H23NO2. The Labute approximate surface area is 126 Å². The van der Waals surface area contributed by atoms with Crippen molar-refractivity contribution in [2.24, 2.45) is 5.92 Å². The second kappa shape index (κ2) is 6.72. The molecule has 0 bridgehead atoms. The summed E-state index contributed by atoms with van der Waals surface area (Å²) in [5.74, 6) is -0.432. The summed E-state index contributed by atoms with van der Waals surface area (Å²) in [6.07, 6.45) is 0.632. The van der Waals surface area contributed by atoms with Crippen molar-refractivity contribution in [1.29, 1.82) is 0 Å². The monoisotopic (exact) mass is 285 g/mol. The Morgan fingerprint density at radius 1 is 1.10 bits per heavy atom. The minimum absolute atomic E-state index is 0.00876. The van der Waals surface area contributed by atoms with Gasteiger partial charge in [0.05, 0.1) is 0 Å². The van der Waals surface area contributed by atoms with Crippen LogP contribution in [0.2, 0.25) is 0 Å². The van der Waals surface area contributed by atoms with Crippen molar-refractivity contribution in [3.8, 4) is 0 Å². The fraction of sp³-hybridized carbons (Fsp3) is 0.389. The maximum absolute atomic E-state index is 11.4. The Morgan fingerprint density at radius 3 is 2.38 bits per heavy atom. The lowest BCUT2D eigenvalue weighted by molar-refractivity contribution is -0.140. The number of carbonyl (C=O) groups is 1. The normalized spacial score (nSPS) is 14.3. The maximum atomic E-state index is 11.4. The number of hydrogen-bond donors (Lipinski definition) is 2. The molecule has 21 heavy (non-hydrogen) atoms. The van der Waals surface area contributed by atoms with E-state index in [1.807, 2.05) is 32.9 Å². The van der Waals surface area contributed by atoms with Gasteiger partial charge in [-0.2, -0.15) is 0 Å². The van der Waals surface area contributed by atoms with Crippen molar-refractivity contribution in [2.45, 2.75) is 39.3 Å². The van der Waals surface area contributed by atoms with Gasteiger partial charge in [-0.3, -0.25) is 10.1 Å². The van der Waals surface area contributed by atoms with Crippen molar-refractivity contribution in [3.05, 3.63) is 48.0 Å². The molecule has 0 heterocycles. The molecule has 3 nitrogen and oxygen atoms in total. The summed E-state index contributed by atoms with van der Waals surface area (Å²) in [7, 11) is 0. The second-order valence-electron chi connectivity index (χ2n) is 6.02. The predicted molar refractivity (Wildman–Crippen MR) is 86.4 cm³/mol. The number of rotatable bonds is 6. The molecule has 112 valence electrons. The molecule has 0 saturated heterocycles. The Balaban J connectivity index is 2.16. The lowest BCUT2D eigenvalue weighted by Crippen LogP contribution is -2.39. The molecule has 2 aromatic carbocycles. The summed E-state index contributed by atoms with van der Waals surface area (Å²) in [6, 6.07) is 14.0. The van der Waals surface area contributed by atoms with E-state index in [1.54, 1.807) is 0 Å². The van der Waals surface area contributed by atoms with E-state index in [1.165, 1.54) is 10.8 Å².